The van der Waals surface area contributed by atoms with Crippen LogP contribution in [-0.4, -0.2) is 48.6 Å². The number of hydrogen-bond acceptors (Lipinski definition) is 5. The highest BCUT2D eigenvalue weighted by atomic mass is 16.5. The van der Waals surface area contributed by atoms with Crippen molar-refractivity contribution in [3.63, 3.8) is 0 Å². The molecule has 2 aromatic rings. The number of nitrogens with zero attached hydrogens (tertiary/aromatic N) is 2. The van der Waals surface area contributed by atoms with E-state index in [1.165, 1.54) is 12.0 Å². The van der Waals surface area contributed by atoms with Crippen LogP contribution in [0.15, 0.2) is 59.6 Å². The third-order valence-corrected chi connectivity index (χ3v) is 4.39. The molecule has 0 bridgehead atoms. The van der Waals surface area contributed by atoms with E-state index >= 15 is 0 Å². The lowest BCUT2D eigenvalue weighted by Gasteiger charge is -2.13. The van der Waals surface area contributed by atoms with E-state index in [0.29, 0.717) is 24.0 Å². The molecular weight excluding hydrogens is 344 g/mol. The first-order valence-electron chi connectivity index (χ1n) is 8.70. The van der Waals surface area contributed by atoms with E-state index in [0.717, 1.165) is 5.56 Å². The molecule has 6 heteroatoms. The van der Waals surface area contributed by atoms with Crippen LogP contribution in [0.1, 0.15) is 32.7 Å². The highest BCUT2D eigenvalue weighted by Crippen LogP contribution is 2.22. The second-order valence-corrected chi connectivity index (χ2v) is 6.16. The Morgan fingerprint density at radius 1 is 1.04 bits per heavy atom. The van der Waals surface area contributed by atoms with Gasteiger partial charge in [0.25, 0.3) is 11.8 Å². The number of benzene rings is 2. The number of amides is 2. The Bertz CT molecular complexity index is 842. The minimum atomic E-state index is -0.653. The SMILES string of the molecule is COC(=O)C(Cc1ccccc1)N=CCCN1C(=O)c2ccccc2C1=O. The van der Waals surface area contributed by atoms with Crippen molar-refractivity contribution in [2.45, 2.75) is 18.9 Å². The van der Waals surface area contributed by atoms with Gasteiger partial charge < -0.3 is 4.74 Å². The molecule has 1 atom stereocenters. The molecule has 3 rings (SSSR count). The monoisotopic (exact) mass is 364 g/mol. The summed E-state index contributed by atoms with van der Waals surface area (Å²) < 4.78 is 4.82. The number of carbonyl (C=O) groups excluding carboxylic acids is 3. The Hall–Kier alpha value is -3.28. The lowest BCUT2D eigenvalue weighted by atomic mass is 10.1. The van der Waals surface area contributed by atoms with Crippen LogP contribution in [0.5, 0.6) is 0 Å². The van der Waals surface area contributed by atoms with Crippen LogP contribution in [0.4, 0.5) is 0 Å². The minimum Gasteiger partial charge on any atom is -0.467 e. The normalized spacial score (nSPS) is 14.5. The molecular formula is C21H20N2O4. The first-order valence-corrected chi connectivity index (χ1v) is 8.70. The molecule has 27 heavy (non-hydrogen) atoms. The molecule has 0 spiro atoms. The minimum absolute atomic E-state index is 0.217. The Balaban J connectivity index is 1.61. The summed E-state index contributed by atoms with van der Waals surface area (Å²) in [7, 11) is 1.33. The Morgan fingerprint density at radius 2 is 1.63 bits per heavy atom. The molecule has 0 fully saturated rings. The number of aliphatic imine (C=N–C) groups is 1. The number of ether oxygens (including phenoxy) is 1. The predicted molar refractivity (Wildman–Crippen MR) is 101 cm³/mol. The first-order chi connectivity index (χ1) is 13.1. The van der Waals surface area contributed by atoms with Gasteiger partial charge in [0, 0.05) is 25.6 Å². The van der Waals surface area contributed by atoms with Gasteiger partial charge in [0.2, 0.25) is 0 Å². The third-order valence-electron chi connectivity index (χ3n) is 4.39. The maximum atomic E-state index is 12.3. The molecule has 1 unspecified atom stereocenters. The molecule has 6 nitrogen and oxygen atoms in total. The van der Waals surface area contributed by atoms with Crippen molar-refractivity contribution < 1.29 is 19.1 Å². The second kappa shape index (κ2) is 8.40. The summed E-state index contributed by atoms with van der Waals surface area (Å²) in [5, 5.41) is 0. The Kier molecular flexibility index (Phi) is 5.76. The average Bonchev–Trinajstić information content (AvgIpc) is 2.95. The fraction of sp³-hybridized carbons (Fsp3) is 0.238. The summed E-state index contributed by atoms with van der Waals surface area (Å²) in [5.41, 5.74) is 1.83. The molecule has 2 aromatic carbocycles. The van der Waals surface area contributed by atoms with Crippen LogP contribution in [0.3, 0.4) is 0 Å². The van der Waals surface area contributed by atoms with Gasteiger partial charge in [-0.05, 0) is 17.7 Å². The van der Waals surface area contributed by atoms with Crippen molar-refractivity contribution in [3.8, 4) is 0 Å². The van der Waals surface area contributed by atoms with Crippen LogP contribution < -0.4 is 0 Å². The smallest absolute Gasteiger partial charge is 0.330 e. The fourth-order valence-electron chi connectivity index (χ4n) is 3.00. The summed E-state index contributed by atoms with van der Waals surface area (Å²) in [6, 6.07) is 15.7. The number of hydrogen-bond donors (Lipinski definition) is 0. The maximum Gasteiger partial charge on any atom is 0.330 e. The third kappa shape index (κ3) is 4.11. The first kappa shape index (κ1) is 18.5. The topological polar surface area (TPSA) is 76.0 Å². The largest absolute Gasteiger partial charge is 0.467 e. The van der Waals surface area contributed by atoms with Gasteiger partial charge in [0.05, 0.1) is 18.2 Å². The summed E-state index contributed by atoms with van der Waals surface area (Å²) in [6.07, 6.45) is 2.37. The number of imide groups is 1. The zero-order valence-electron chi connectivity index (χ0n) is 15.0. The lowest BCUT2D eigenvalue weighted by molar-refractivity contribution is -0.142. The van der Waals surface area contributed by atoms with Crippen molar-refractivity contribution in [2.24, 2.45) is 4.99 Å². The molecule has 0 saturated heterocycles. The van der Waals surface area contributed by atoms with Crippen molar-refractivity contribution in [2.75, 3.05) is 13.7 Å². The quantitative estimate of drug-likeness (QED) is 0.430. The predicted octanol–water partition coefficient (Wildman–Crippen LogP) is 2.53. The van der Waals surface area contributed by atoms with Crippen molar-refractivity contribution in [1.29, 1.82) is 0 Å². The van der Waals surface area contributed by atoms with E-state index in [-0.39, 0.29) is 18.4 Å². The molecule has 0 N–H and O–H groups in total. The summed E-state index contributed by atoms with van der Waals surface area (Å²) in [4.78, 5) is 42.1. The van der Waals surface area contributed by atoms with Gasteiger partial charge in [-0.2, -0.15) is 0 Å². The van der Waals surface area contributed by atoms with Crippen LogP contribution in [0.2, 0.25) is 0 Å². The summed E-state index contributed by atoms with van der Waals surface area (Å²) >= 11 is 0. The zero-order chi connectivity index (χ0) is 19.2. The van der Waals surface area contributed by atoms with Gasteiger partial charge in [-0.1, -0.05) is 42.5 Å². The zero-order valence-corrected chi connectivity index (χ0v) is 15.0. The van der Waals surface area contributed by atoms with Crippen LogP contribution in [-0.2, 0) is 16.0 Å². The van der Waals surface area contributed by atoms with Gasteiger partial charge >= 0.3 is 5.97 Å². The average molecular weight is 364 g/mol. The van der Waals surface area contributed by atoms with E-state index in [9.17, 15) is 14.4 Å². The molecule has 0 radical (unpaired) electrons. The number of fused-ring (bicyclic) bond motifs is 1. The highest BCUT2D eigenvalue weighted by Gasteiger charge is 2.34. The molecule has 1 aliphatic rings. The van der Waals surface area contributed by atoms with E-state index in [1.54, 1.807) is 30.5 Å². The van der Waals surface area contributed by atoms with E-state index in [2.05, 4.69) is 4.99 Å². The van der Waals surface area contributed by atoms with Crippen molar-refractivity contribution >= 4 is 24.0 Å². The van der Waals surface area contributed by atoms with E-state index < -0.39 is 12.0 Å². The summed E-state index contributed by atoms with van der Waals surface area (Å²) in [5.74, 6) is -1.01. The lowest BCUT2D eigenvalue weighted by Crippen LogP contribution is -2.31. The molecule has 1 heterocycles. The molecule has 138 valence electrons. The van der Waals surface area contributed by atoms with Gasteiger partial charge in [-0.25, -0.2) is 4.79 Å². The van der Waals surface area contributed by atoms with Crippen molar-refractivity contribution in [3.05, 3.63) is 71.3 Å². The number of esters is 1. The number of carbonyl (C=O) groups is 3. The molecule has 0 aliphatic carbocycles. The Labute approximate surface area is 157 Å². The molecule has 0 saturated carbocycles. The van der Waals surface area contributed by atoms with Crippen LogP contribution >= 0.6 is 0 Å². The number of methoxy groups -OCH3 is 1. The van der Waals surface area contributed by atoms with Gasteiger partial charge in [0.1, 0.15) is 0 Å². The van der Waals surface area contributed by atoms with E-state index in [1.807, 2.05) is 30.3 Å². The van der Waals surface area contributed by atoms with Crippen LogP contribution in [0.25, 0.3) is 0 Å². The highest BCUT2D eigenvalue weighted by molar-refractivity contribution is 6.21. The number of rotatable bonds is 7. The molecule has 1 aliphatic heterocycles. The van der Waals surface area contributed by atoms with Crippen LogP contribution in [0, 0.1) is 0 Å². The molecule has 2 amide bonds. The maximum absolute atomic E-state index is 12.3. The Morgan fingerprint density at radius 3 is 2.22 bits per heavy atom. The second-order valence-electron chi connectivity index (χ2n) is 6.16. The standard InChI is InChI=1S/C21H20N2O4/c1-27-21(26)18(14-15-8-3-2-4-9-15)22-12-7-13-23-19(24)16-10-5-6-11-17(16)20(23)25/h2-6,8-12,18H,7,13-14H2,1H3. The van der Waals surface area contributed by atoms with Gasteiger partial charge in [-0.15, -0.1) is 0 Å². The van der Waals surface area contributed by atoms with Gasteiger partial charge in [0.15, 0.2) is 6.04 Å². The fourth-order valence-corrected chi connectivity index (χ4v) is 3.00. The van der Waals surface area contributed by atoms with Gasteiger partial charge in [-0.3, -0.25) is 19.5 Å². The van der Waals surface area contributed by atoms with Crippen molar-refractivity contribution in [1.82, 2.24) is 4.90 Å². The summed E-state index contributed by atoms with van der Waals surface area (Å²) in [6.45, 7) is 0.217. The molecule has 0 aromatic heterocycles. The van der Waals surface area contributed by atoms with E-state index in [4.69, 9.17) is 4.74 Å².